The van der Waals surface area contributed by atoms with Crippen molar-refractivity contribution in [2.75, 3.05) is 20.2 Å². The van der Waals surface area contributed by atoms with Crippen LogP contribution in [0.3, 0.4) is 0 Å². The number of hydrogen-bond acceptors (Lipinski definition) is 5. The second-order valence-corrected chi connectivity index (χ2v) is 5.92. The molecule has 8 heteroatoms. The first-order valence-corrected chi connectivity index (χ1v) is 8.21. The SMILES string of the molecule is COc1cccc(C(=O)NCC(=O)N2CCCC2Cn2cncn2)c1. The van der Waals surface area contributed by atoms with Crippen molar-refractivity contribution in [3.8, 4) is 5.75 Å². The molecule has 132 valence electrons. The van der Waals surface area contributed by atoms with Crippen molar-refractivity contribution in [1.29, 1.82) is 0 Å². The topological polar surface area (TPSA) is 89.4 Å². The minimum atomic E-state index is -0.292. The Bertz CT molecular complexity index is 732. The van der Waals surface area contributed by atoms with Crippen molar-refractivity contribution in [3.05, 3.63) is 42.5 Å². The number of carbonyl (C=O) groups excluding carboxylic acids is 2. The number of likely N-dealkylation sites (tertiary alicyclic amines) is 1. The van der Waals surface area contributed by atoms with Crippen LogP contribution < -0.4 is 10.1 Å². The van der Waals surface area contributed by atoms with Gasteiger partial charge in [-0.1, -0.05) is 6.07 Å². The summed E-state index contributed by atoms with van der Waals surface area (Å²) in [6.07, 6.45) is 5.01. The number of rotatable bonds is 6. The highest BCUT2D eigenvalue weighted by molar-refractivity contribution is 5.96. The number of benzene rings is 1. The molecule has 1 N–H and O–H groups in total. The van der Waals surface area contributed by atoms with Gasteiger partial charge in [-0.2, -0.15) is 5.10 Å². The number of nitrogens with zero attached hydrogens (tertiary/aromatic N) is 4. The predicted molar refractivity (Wildman–Crippen MR) is 90.1 cm³/mol. The van der Waals surface area contributed by atoms with Gasteiger partial charge in [0.2, 0.25) is 5.91 Å². The molecule has 2 heterocycles. The molecule has 1 aromatic heterocycles. The molecule has 1 aliphatic rings. The molecule has 0 bridgehead atoms. The monoisotopic (exact) mass is 343 g/mol. The van der Waals surface area contributed by atoms with Gasteiger partial charge in [-0.3, -0.25) is 14.3 Å². The molecule has 2 amide bonds. The largest absolute Gasteiger partial charge is 0.497 e. The molecule has 1 atom stereocenters. The smallest absolute Gasteiger partial charge is 0.251 e. The maximum Gasteiger partial charge on any atom is 0.251 e. The van der Waals surface area contributed by atoms with Gasteiger partial charge in [-0.25, -0.2) is 4.98 Å². The molecule has 3 rings (SSSR count). The van der Waals surface area contributed by atoms with E-state index in [1.165, 1.54) is 6.33 Å². The molecule has 0 radical (unpaired) electrons. The first-order chi connectivity index (χ1) is 12.2. The lowest BCUT2D eigenvalue weighted by Gasteiger charge is -2.24. The summed E-state index contributed by atoms with van der Waals surface area (Å²) in [6.45, 7) is 1.30. The highest BCUT2D eigenvalue weighted by atomic mass is 16.5. The van der Waals surface area contributed by atoms with Crippen LogP contribution in [0.25, 0.3) is 0 Å². The third kappa shape index (κ3) is 4.14. The molecule has 25 heavy (non-hydrogen) atoms. The Morgan fingerprint density at radius 2 is 2.28 bits per heavy atom. The Labute approximate surface area is 145 Å². The molecule has 8 nitrogen and oxygen atoms in total. The van der Waals surface area contributed by atoms with Crippen molar-refractivity contribution < 1.29 is 14.3 Å². The highest BCUT2D eigenvalue weighted by Gasteiger charge is 2.29. The van der Waals surface area contributed by atoms with Gasteiger partial charge in [-0.15, -0.1) is 0 Å². The van der Waals surface area contributed by atoms with Gasteiger partial charge in [0.25, 0.3) is 5.91 Å². The maximum absolute atomic E-state index is 12.5. The van der Waals surface area contributed by atoms with Gasteiger partial charge in [0.1, 0.15) is 18.4 Å². The minimum Gasteiger partial charge on any atom is -0.497 e. The van der Waals surface area contributed by atoms with Crippen molar-refractivity contribution in [1.82, 2.24) is 25.0 Å². The summed E-state index contributed by atoms with van der Waals surface area (Å²) < 4.78 is 6.83. The van der Waals surface area contributed by atoms with Gasteiger partial charge in [0.05, 0.1) is 26.2 Å². The van der Waals surface area contributed by atoms with E-state index in [1.54, 1.807) is 42.4 Å². The summed E-state index contributed by atoms with van der Waals surface area (Å²) in [6, 6.07) is 6.92. The van der Waals surface area contributed by atoms with E-state index in [-0.39, 0.29) is 24.4 Å². The third-order valence-corrected chi connectivity index (χ3v) is 4.29. The molecule has 1 aliphatic heterocycles. The van der Waals surface area contributed by atoms with Crippen LogP contribution in [0.2, 0.25) is 0 Å². The molecule has 0 aliphatic carbocycles. The molecule has 1 unspecified atom stereocenters. The number of hydrogen-bond donors (Lipinski definition) is 1. The second-order valence-electron chi connectivity index (χ2n) is 5.92. The molecule has 0 spiro atoms. The summed E-state index contributed by atoms with van der Waals surface area (Å²) in [5.74, 6) is 0.226. The predicted octanol–water partition coefficient (Wildman–Crippen LogP) is 0.708. The molecular formula is C17H21N5O3. The zero-order valence-electron chi connectivity index (χ0n) is 14.1. The summed E-state index contributed by atoms with van der Waals surface area (Å²) >= 11 is 0. The Balaban J connectivity index is 1.55. The van der Waals surface area contributed by atoms with Crippen molar-refractivity contribution >= 4 is 11.8 Å². The van der Waals surface area contributed by atoms with Crippen molar-refractivity contribution in [3.63, 3.8) is 0 Å². The summed E-state index contributed by atoms with van der Waals surface area (Å²) in [5, 5.41) is 6.78. The van der Waals surface area contributed by atoms with Crippen LogP contribution in [0.15, 0.2) is 36.9 Å². The van der Waals surface area contributed by atoms with Crippen LogP contribution in [0.4, 0.5) is 0 Å². The third-order valence-electron chi connectivity index (χ3n) is 4.29. The highest BCUT2D eigenvalue weighted by Crippen LogP contribution is 2.18. The van der Waals surface area contributed by atoms with E-state index in [2.05, 4.69) is 15.4 Å². The number of methoxy groups -OCH3 is 1. The number of nitrogens with one attached hydrogen (secondary N) is 1. The number of carbonyl (C=O) groups is 2. The molecular weight excluding hydrogens is 322 g/mol. The lowest BCUT2D eigenvalue weighted by atomic mass is 10.2. The molecule has 1 aromatic carbocycles. The summed E-state index contributed by atoms with van der Waals surface area (Å²) in [5.41, 5.74) is 0.465. The Morgan fingerprint density at radius 3 is 3.04 bits per heavy atom. The Hall–Kier alpha value is -2.90. The van der Waals surface area contributed by atoms with Crippen LogP contribution >= 0.6 is 0 Å². The van der Waals surface area contributed by atoms with Crippen molar-refractivity contribution in [2.24, 2.45) is 0 Å². The average Bonchev–Trinajstić information content (AvgIpc) is 3.32. The van der Waals surface area contributed by atoms with Gasteiger partial charge >= 0.3 is 0 Å². The standard InChI is InChI=1S/C17H21N5O3/c1-25-15-6-2-4-13(8-15)17(24)19-9-16(23)22-7-3-5-14(22)10-21-12-18-11-20-21/h2,4,6,8,11-12,14H,3,5,7,9-10H2,1H3,(H,19,24). The van der Waals surface area contributed by atoms with E-state index in [0.29, 0.717) is 24.4 Å². The van der Waals surface area contributed by atoms with Crippen LogP contribution in [0.5, 0.6) is 5.75 Å². The summed E-state index contributed by atoms with van der Waals surface area (Å²) in [4.78, 5) is 30.4. The van der Waals surface area contributed by atoms with Crippen LogP contribution in [0.1, 0.15) is 23.2 Å². The van der Waals surface area contributed by atoms with E-state index in [0.717, 1.165) is 12.8 Å². The van der Waals surface area contributed by atoms with Crippen LogP contribution in [-0.2, 0) is 11.3 Å². The normalized spacial score (nSPS) is 16.7. The fraction of sp³-hybridized carbons (Fsp3) is 0.412. The second kappa shape index (κ2) is 7.78. The van der Waals surface area contributed by atoms with Crippen LogP contribution in [0, 0.1) is 0 Å². The Kier molecular flexibility index (Phi) is 5.27. The van der Waals surface area contributed by atoms with E-state index >= 15 is 0 Å². The molecule has 2 aromatic rings. The average molecular weight is 343 g/mol. The first kappa shape index (κ1) is 16.9. The summed E-state index contributed by atoms with van der Waals surface area (Å²) in [7, 11) is 1.54. The molecule has 1 fully saturated rings. The van der Waals surface area contributed by atoms with E-state index in [9.17, 15) is 9.59 Å². The van der Waals surface area contributed by atoms with Gasteiger partial charge in [-0.05, 0) is 31.0 Å². The van der Waals surface area contributed by atoms with E-state index in [1.807, 2.05) is 4.90 Å². The molecule has 1 saturated heterocycles. The zero-order valence-corrected chi connectivity index (χ0v) is 14.1. The quantitative estimate of drug-likeness (QED) is 0.834. The lowest BCUT2D eigenvalue weighted by molar-refractivity contribution is -0.131. The van der Waals surface area contributed by atoms with E-state index in [4.69, 9.17) is 4.74 Å². The van der Waals surface area contributed by atoms with Crippen LogP contribution in [-0.4, -0.2) is 57.7 Å². The fourth-order valence-electron chi connectivity index (χ4n) is 3.02. The van der Waals surface area contributed by atoms with Crippen molar-refractivity contribution in [2.45, 2.75) is 25.4 Å². The van der Waals surface area contributed by atoms with Gasteiger partial charge in [0, 0.05) is 12.1 Å². The first-order valence-electron chi connectivity index (χ1n) is 8.21. The number of ether oxygens (including phenoxy) is 1. The Morgan fingerprint density at radius 1 is 1.40 bits per heavy atom. The number of amides is 2. The number of aromatic nitrogens is 3. The van der Waals surface area contributed by atoms with Gasteiger partial charge in [0.15, 0.2) is 0 Å². The molecule has 0 saturated carbocycles. The van der Waals surface area contributed by atoms with E-state index < -0.39 is 0 Å². The lowest BCUT2D eigenvalue weighted by Crippen LogP contribution is -2.44. The zero-order chi connectivity index (χ0) is 17.6. The fourth-order valence-corrected chi connectivity index (χ4v) is 3.02. The minimum absolute atomic E-state index is 0.0239. The van der Waals surface area contributed by atoms with Gasteiger partial charge < -0.3 is 15.0 Å². The maximum atomic E-state index is 12.5.